The zero-order chi connectivity index (χ0) is 34.1. The van der Waals surface area contributed by atoms with Crippen molar-refractivity contribution < 1.29 is 14.6 Å². The van der Waals surface area contributed by atoms with Crippen LogP contribution in [0.4, 0.5) is 0 Å². The highest BCUT2D eigenvalue weighted by Gasteiger charge is 2.41. The number of benzene rings is 2. The second-order valence-corrected chi connectivity index (χ2v) is 13.6. The average molecular weight is 662 g/mol. The highest BCUT2D eigenvalue weighted by molar-refractivity contribution is 5.80. The number of piperidine rings is 2. The van der Waals surface area contributed by atoms with Gasteiger partial charge in [-0.25, -0.2) is 15.0 Å². The minimum Gasteiger partial charge on any atom is -0.497 e. The quantitative estimate of drug-likeness (QED) is 0.262. The van der Waals surface area contributed by atoms with Gasteiger partial charge in [0.15, 0.2) is 5.65 Å². The molecule has 2 aliphatic heterocycles. The van der Waals surface area contributed by atoms with E-state index in [2.05, 4.69) is 32.0 Å². The van der Waals surface area contributed by atoms with E-state index in [1.807, 2.05) is 78.0 Å². The van der Waals surface area contributed by atoms with Gasteiger partial charge >= 0.3 is 0 Å². The standard InChI is InChI=1S/C38H43N7O4/c1-26-21-27(2)41-34(40-26)23-42-17-13-31(33(22-42)28-7-5-4-6-8-28)36(46)43-19-15-38(48,16-20-43)24-44-25-39-35-32(37(44)47)14-18-45(35)29-9-11-30(49-3)12-10-29/h4-12,14,18,21,25,31,33,48H,13,15-17,19-20,22-24H2,1-3H3/t31-,33+/m1/s1. The first-order valence-electron chi connectivity index (χ1n) is 17.0. The molecule has 49 heavy (non-hydrogen) atoms. The summed E-state index contributed by atoms with van der Waals surface area (Å²) in [6.45, 7) is 7.15. The van der Waals surface area contributed by atoms with Gasteiger partial charge in [-0.15, -0.1) is 0 Å². The summed E-state index contributed by atoms with van der Waals surface area (Å²) in [6, 6.07) is 21.6. The monoisotopic (exact) mass is 661 g/mol. The smallest absolute Gasteiger partial charge is 0.262 e. The van der Waals surface area contributed by atoms with E-state index in [0.717, 1.165) is 53.7 Å². The van der Waals surface area contributed by atoms with Crippen LogP contribution in [-0.2, 0) is 17.9 Å². The number of hydrogen-bond donors (Lipinski definition) is 1. The number of fused-ring (bicyclic) bond motifs is 1. The van der Waals surface area contributed by atoms with Crippen molar-refractivity contribution >= 4 is 16.9 Å². The number of ether oxygens (including phenoxy) is 1. The minimum absolute atomic E-state index is 0.0377. The molecule has 0 unspecified atom stereocenters. The molecule has 2 saturated heterocycles. The van der Waals surface area contributed by atoms with Crippen LogP contribution in [0.1, 0.15) is 48.0 Å². The average Bonchev–Trinajstić information content (AvgIpc) is 3.54. The molecule has 3 aromatic heterocycles. The lowest BCUT2D eigenvalue weighted by Gasteiger charge is -2.43. The largest absolute Gasteiger partial charge is 0.497 e. The molecule has 1 N–H and O–H groups in total. The maximum atomic E-state index is 14.1. The number of nitrogens with zero attached hydrogens (tertiary/aromatic N) is 7. The van der Waals surface area contributed by atoms with Gasteiger partial charge in [0.1, 0.15) is 17.9 Å². The molecule has 1 amide bonds. The van der Waals surface area contributed by atoms with E-state index in [0.29, 0.717) is 43.5 Å². The van der Waals surface area contributed by atoms with Crippen LogP contribution in [0.15, 0.2) is 84.0 Å². The molecule has 11 nitrogen and oxygen atoms in total. The van der Waals surface area contributed by atoms with Crippen LogP contribution in [0, 0.1) is 19.8 Å². The molecule has 2 aliphatic rings. The van der Waals surface area contributed by atoms with Crippen molar-refractivity contribution in [3.05, 3.63) is 112 Å². The van der Waals surface area contributed by atoms with Gasteiger partial charge in [-0.3, -0.25) is 19.1 Å². The predicted octanol–water partition coefficient (Wildman–Crippen LogP) is 4.26. The van der Waals surface area contributed by atoms with E-state index in [4.69, 9.17) is 4.74 Å². The maximum Gasteiger partial charge on any atom is 0.262 e. The summed E-state index contributed by atoms with van der Waals surface area (Å²) < 4.78 is 8.63. The lowest BCUT2D eigenvalue weighted by molar-refractivity contribution is -0.142. The zero-order valence-electron chi connectivity index (χ0n) is 28.3. The van der Waals surface area contributed by atoms with E-state index < -0.39 is 5.60 Å². The number of likely N-dealkylation sites (tertiary alicyclic amines) is 2. The van der Waals surface area contributed by atoms with Crippen molar-refractivity contribution in [3.8, 4) is 11.4 Å². The van der Waals surface area contributed by atoms with E-state index in [-0.39, 0.29) is 29.8 Å². The maximum absolute atomic E-state index is 14.1. The fourth-order valence-electron chi connectivity index (χ4n) is 7.54. The van der Waals surface area contributed by atoms with Crippen molar-refractivity contribution in [1.82, 2.24) is 33.9 Å². The van der Waals surface area contributed by atoms with Crippen molar-refractivity contribution in [3.63, 3.8) is 0 Å². The summed E-state index contributed by atoms with van der Waals surface area (Å²) in [6.07, 6.45) is 4.85. The van der Waals surface area contributed by atoms with Gasteiger partial charge in [0.25, 0.3) is 5.56 Å². The molecule has 254 valence electrons. The molecule has 11 heteroatoms. The van der Waals surface area contributed by atoms with Gasteiger partial charge in [-0.2, -0.15) is 0 Å². The van der Waals surface area contributed by atoms with Crippen LogP contribution < -0.4 is 10.3 Å². The lowest BCUT2D eigenvalue weighted by atomic mass is 9.79. The van der Waals surface area contributed by atoms with Crippen molar-refractivity contribution in [2.24, 2.45) is 5.92 Å². The number of methoxy groups -OCH3 is 1. The van der Waals surface area contributed by atoms with Gasteiger partial charge < -0.3 is 19.3 Å². The zero-order valence-corrected chi connectivity index (χ0v) is 28.3. The Morgan fingerprint density at radius 2 is 1.69 bits per heavy atom. The number of rotatable bonds is 8. The normalized spacial score (nSPS) is 19.6. The third-order valence-electron chi connectivity index (χ3n) is 10.1. The van der Waals surface area contributed by atoms with Crippen LogP contribution in [0.3, 0.4) is 0 Å². The van der Waals surface area contributed by atoms with Crippen LogP contribution in [0.2, 0.25) is 0 Å². The van der Waals surface area contributed by atoms with Crippen molar-refractivity contribution in [2.75, 3.05) is 33.3 Å². The molecule has 0 radical (unpaired) electrons. The van der Waals surface area contributed by atoms with Crippen LogP contribution in [0.25, 0.3) is 16.7 Å². The van der Waals surface area contributed by atoms with Gasteiger partial charge in [0.2, 0.25) is 5.91 Å². The van der Waals surface area contributed by atoms with Crippen LogP contribution in [0.5, 0.6) is 5.75 Å². The number of aliphatic hydroxyl groups is 1. The summed E-state index contributed by atoms with van der Waals surface area (Å²) in [5.41, 5.74) is 3.18. The number of aryl methyl sites for hydroxylation is 2. The second-order valence-electron chi connectivity index (χ2n) is 13.6. The number of aromatic nitrogens is 5. The van der Waals surface area contributed by atoms with Crippen LogP contribution in [-0.4, -0.2) is 83.8 Å². The van der Waals surface area contributed by atoms with E-state index in [9.17, 15) is 14.7 Å². The topological polar surface area (TPSA) is 119 Å². The Morgan fingerprint density at radius 1 is 0.980 bits per heavy atom. The first kappa shape index (κ1) is 32.7. The number of amides is 1. The SMILES string of the molecule is COc1ccc(-n2ccc3c(=O)n(CC4(O)CCN(C(=O)[C@@H]5CCN(Cc6nc(C)cc(C)n6)C[C@H]5c5ccccc5)CC4)cnc32)cc1. The predicted molar refractivity (Wildman–Crippen MR) is 187 cm³/mol. The van der Waals surface area contributed by atoms with Gasteiger partial charge in [0, 0.05) is 54.7 Å². The van der Waals surface area contributed by atoms with Crippen molar-refractivity contribution in [2.45, 2.75) is 57.7 Å². The van der Waals surface area contributed by atoms with Crippen molar-refractivity contribution in [1.29, 1.82) is 0 Å². The Bertz CT molecular complexity index is 1980. The Hall–Kier alpha value is -4.87. The molecule has 5 heterocycles. The Labute approximate surface area is 285 Å². The molecule has 2 atom stereocenters. The molecular formula is C38H43N7O4. The highest BCUT2D eigenvalue weighted by atomic mass is 16.5. The minimum atomic E-state index is -1.12. The fourth-order valence-corrected chi connectivity index (χ4v) is 7.54. The second kappa shape index (κ2) is 13.6. The van der Waals surface area contributed by atoms with E-state index in [1.165, 1.54) is 10.9 Å². The first-order valence-corrected chi connectivity index (χ1v) is 17.0. The molecule has 0 spiro atoms. The molecule has 7 rings (SSSR count). The molecule has 0 saturated carbocycles. The summed E-state index contributed by atoms with van der Waals surface area (Å²) in [7, 11) is 1.62. The number of carbonyl (C=O) groups excluding carboxylic acids is 1. The Morgan fingerprint density at radius 3 is 2.39 bits per heavy atom. The van der Waals surface area contributed by atoms with Gasteiger partial charge in [-0.05, 0) is 81.6 Å². The molecule has 2 aromatic carbocycles. The highest BCUT2D eigenvalue weighted by Crippen LogP contribution is 2.36. The lowest BCUT2D eigenvalue weighted by Crippen LogP contribution is -2.53. The summed E-state index contributed by atoms with van der Waals surface area (Å²) in [4.78, 5) is 45.8. The first-order chi connectivity index (χ1) is 23.7. The fraction of sp³-hybridized carbons (Fsp3) is 0.395. The molecule has 5 aromatic rings. The Kier molecular flexibility index (Phi) is 9.04. The summed E-state index contributed by atoms with van der Waals surface area (Å²) >= 11 is 0. The van der Waals surface area contributed by atoms with E-state index in [1.54, 1.807) is 13.2 Å². The van der Waals surface area contributed by atoms with Gasteiger partial charge in [0.05, 0.1) is 31.2 Å². The third kappa shape index (κ3) is 6.86. The molecular weight excluding hydrogens is 618 g/mol. The number of hydrogen-bond acceptors (Lipinski definition) is 8. The molecule has 0 aliphatic carbocycles. The molecule has 2 fully saturated rings. The Balaban J connectivity index is 1.02. The van der Waals surface area contributed by atoms with Crippen LogP contribution >= 0.6 is 0 Å². The van der Waals surface area contributed by atoms with Gasteiger partial charge in [-0.1, -0.05) is 30.3 Å². The molecule has 0 bridgehead atoms. The number of carbonyl (C=O) groups is 1. The third-order valence-corrected chi connectivity index (χ3v) is 10.1. The van der Waals surface area contributed by atoms with E-state index >= 15 is 0 Å². The summed E-state index contributed by atoms with van der Waals surface area (Å²) in [5, 5.41) is 12.1. The summed E-state index contributed by atoms with van der Waals surface area (Å²) in [5.74, 6) is 1.58.